The second-order valence-electron chi connectivity index (χ2n) is 5.93. The normalized spacial score (nSPS) is 16.8. The van der Waals surface area contributed by atoms with Crippen LogP contribution in [0.5, 0.6) is 5.75 Å². The Kier molecular flexibility index (Phi) is 3.31. The lowest BCUT2D eigenvalue weighted by Crippen LogP contribution is -2.53. The number of nitrogens with zero attached hydrogens (tertiary/aromatic N) is 1. The molecule has 0 unspecified atom stereocenters. The maximum Gasteiger partial charge on any atom is 0.262 e. The van der Waals surface area contributed by atoms with Gasteiger partial charge in [-0.2, -0.15) is 0 Å². The lowest BCUT2D eigenvalue weighted by atomic mass is 9.85. The second kappa shape index (κ2) is 4.57. The Morgan fingerprint density at radius 2 is 1.60 bits per heavy atom. The number of carbonyl (C=O) groups excluding carboxylic acids is 2. The number of hydrogen-bond acceptors (Lipinski definition) is 5. The van der Waals surface area contributed by atoms with Crippen LogP contribution in [-0.4, -0.2) is 44.4 Å². The molecule has 6 heteroatoms. The molecule has 3 N–H and O–H groups in total. The van der Waals surface area contributed by atoms with Crippen molar-refractivity contribution in [2.24, 2.45) is 5.41 Å². The number of phenolic OH excluding ortho intramolecular Hbond substituents is 1. The predicted molar refractivity (Wildman–Crippen MR) is 70.1 cm³/mol. The smallest absolute Gasteiger partial charge is 0.262 e. The quantitative estimate of drug-likeness (QED) is 0.547. The summed E-state index contributed by atoms with van der Waals surface area (Å²) in [6, 6.07) is 2.81. The summed E-state index contributed by atoms with van der Waals surface area (Å²) < 4.78 is 0. The van der Waals surface area contributed by atoms with Gasteiger partial charge in [-0.25, -0.2) is 0 Å². The number of carbonyl (C=O) groups is 2. The molecule has 0 aliphatic carbocycles. The van der Waals surface area contributed by atoms with Gasteiger partial charge in [-0.1, -0.05) is 20.8 Å². The number of phenols is 1. The highest BCUT2D eigenvalue weighted by Gasteiger charge is 2.47. The summed E-state index contributed by atoms with van der Waals surface area (Å²) in [6.45, 7) is 5.12. The first-order valence-corrected chi connectivity index (χ1v) is 6.21. The van der Waals surface area contributed by atoms with Crippen LogP contribution in [0.25, 0.3) is 0 Å². The van der Waals surface area contributed by atoms with Crippen LogP contribution < -0.4 is 0 Å². The molecule has 1 aliphatic rings. The largest absolute Gasteiger partial charge is 0.508 e. The van der Waals surface area contributed by atoms with E-state index in [4.69, 9.17) is 0 Å². The minimum Gasteiger partial charge on any atom is -0.508 e. The minimum atomic E-state index is -1.84. The number of aromatic hydroxyl groups is 1. The topological polar surface area (TPSA) is 98.1 Å². The molecular weight excluding hydrogens is 262 g/mol. The van der Waals surface area contributed by atoms with Crippen molar-refractivity contribution < 1.29 is 24.9 Å². The molecule has 1 atom stereocenters. The first-order valence-electron chi connectivity index (χ1n) is 6.21. The number of rotatable bonds is 2. The molecule has 2 amide bonds. The Bertz CT molecular complexity index is 573. The molecule has 0 radical (unpaired) electrons. The molecule has 0 fully saturated rings. The van der Waals surface area contributed by atoms with Crippen LogP contribution in [-0.2, 0) is 0 Å². The minimum absolute atomic E-state index is 0.0740. The van der Waals surface area contributed by atoms with Crippen molar-refractivity contribution in [2.75, 3.05) is 0 Å². The Morgan fingerprint density at radius 3 is 2.10 bits per heavy atom. The summed E-state index contributed by atoms with van der Waals surface area (Å²) in [5.74, 6) is -1.34. The number of fused-ring (bicyclic) bond motifs is 1. The van der Waals surface area contributed by atoms with Crippen LogP contribution in [0, 0.1) is 5.41 Å². The highest BCUT2D eigenvalue weighted by Crippen LogP contribution is 2.34. The number of imide groups is 1. The van der Waals surface area contributed by atoms with Gasteiger partial charge in [0.15, 0.2) is 6.29 Å². The molecule has 6 nitrogen and oxygen atoms in total. The summed E-state index contributed by atoms with van der Waals surface area (Å²) in [7, 11) is 0. The maximum atomic E-state index is 12.3. The lowest BCUT2D eigenvalue weighted by molar-refractivity contribution is -0.114. The van der Waals surface area contributed by atoms with Gasteiger partial charge in [-0.15, -0.1) is 0 Å². The van der Waals surface area contributed by atoms with Crippen LogP contribution in [0.15, 0.2) is 18.2 Å². The average Bonchev–Trinajstić information content (AvgIpc) is 2.52. The molecular formula is C14H17NO5. The van der Waals surface area contributed by atoms with Crippen molar-refractivity contribution in [2.45, 2.75) is 33.1 Å². The number of benzene rings is 1. The molecule has 1 heterocycles. The summed E-state index contributed by atoms with van der Waals surface area (Å²) in [4.78, 5) is 25.5. The highest BCUT2D eigenvalue weighted by molar-refractivity contribution is 6.21. The van der Waals surface area contributed by atoms with Crippen molar-refractivity contribution in [3.8, 4) is 5.75 Å². The Balaban J connectivity index is 2.51. The van der Waals surface area contributed by atoms with Crippen molar-refractivity contribution in [1.82, 2.24) is 4.90 Å². The first kappa shape index (κ1) is 14.5. The molecule has 0 bridgehead atoms. The third-order valence-electron chi connectivity index (χ3n) is 3.35. The number of amides is 2. The zero-order valence-electron chi connectivity index (χ0n) is 11.5. The van der Waals surface area contributed by atoms with Crippen LogP contribution >= 0.6 is 0 Å². The van der Waals surface area contributed by atoms with Crippen molar-refractivity contribution in [1.29, 1.82) is 0 Å². The SMILES string of the molecule is CC(C)(C)[C@@H](C(O)O)N1C(=O)c2ccc(O)cc2C1=O. The Labute approximate surface area is 116 Å². The van der Waals surface area contributed by atoms with Crippen LogP contribution in [0.2, 0.25) is 0 Å². The van der Waals surface area contributed by atoms with Gasteiger partial charge in [0.25, 0.3) is 11.8 Å². The molecule has 1 aromatic rings. The van der Waals surface area contributed by atoms with E-state index in [9.17, 15) is 24.9 Å². The van der Waals surface area contributed by atoms with Crippen LogP contribution in [0.1, 0.15) is 41.5 Å². The van der Waals surface area contributed by atoms with Gasteiger partial charge in [-0.05, 0) is 23.6 Å². The Hall–Kier alpha value is -1.92. The summed E-state index contributed by atoms with van der Waals surface area (Å²) in [6.07, 6.45) is -1.84. The van der Waals surface area contributed by atoms with E-state index in [0.29, 0.717) is 0 Å². The molecule has 108 valence electrons. The molecule has 0 spiro atoms. The monoisotopic (exact) mass is 279 g/mol. The van der Waals surface area contributed by atoms with Gasteiger partial charge < -0.3 is 15.3 Å². The number of aliphatic hydroxyl groups is 2. The van der Waals surface area contributed by atoms with Gasteiger partial charge >= 0.3 is 0 Å². The molecule has 1 aliphatic heterocycles. The summed E-state index contributed by atoms with van der Waals surface area (Å²) in [5.41, 5.74) is -0.476. The predicted octanol–water partition coefficient (Wildman–Crippen LogP) is 0.714. The average molecular weight is 279 g/mol. The first-order chi connectivity index (χ1) is 9.14. The van der Waals surface area contributed by atoms with Crippen LogP contribution in [0.3, 0.4) is 0 Å². The summed E-state index contributed by atoms with van der Waals surface area (Å²) >= 11 is 0. The van der Waals surface area contributed by atoms with Crippen molar-refractivity contribution in [3.05, 3.63) is 29.3 Å². The van der Waals surface area contributed by atoms with Crippen molar-refractivity contribution >= 4 is 11.8 Å². The molecule has 1 aromatic carbocycles. The molecule has 20 heavy (non-hydrogen) atoms. The highest BCUT2D eigenvalue weighted by atomic mass is 16.5. The lowest BCUT2D eigenvalue weighted by Gasteiger charge is -2.37. The third-order valence-corrected chi connectivity index (χ3v) is 3.35. The van der Waals surface area contributed by atoms with E-state index in [2.05, 4.69) is 0 Å². The van der Waals surface area contributed by atoms with E-state index in [1.54, 1.807) is 20.8 Å². The number of aliphatic hydroxyl groups excluding tert-OH is 1. The van der Waals surface area contributed by atoms with Crippen molar-refractivity contribution in [3.63, 3.8) is 0 Å². The standard InChI is InChI=1S/C14H17NO5/c1-14(2,3)10(13(19)20)15-11(17)8-5-4-7(16)6-9(8)12(15)18/h4-6,10,13,16,19-20H,1-3H3/t10-/m1/s1. The Morgan fingerprint density at radius 1 is 1.05 bits per heavy atom. The van der Waals surface area contributed by atoms with E-state index in [1.165, 1.54) is 18.2 Å². The van der Waals surface area contributed by atoms with E-state index in [1.807, 2.05) is 0 Å². The van der Waals surface area contributed by atoms with E-state index >= 15 is 0 Å². The fourth-order valence-corrected chi connectivity index (χ4v) is 2.47. The molecule has 0 saturated carbocycles. The number of hydrogen-bond donors (Lipinski definition) is 3. The fourth-order valence-electron chi connectivity index (χ4n) is 2.47. The van der Waals surface area contributed by atoms with Gasteiger partial charge in [-0.3, -0.25) is 14.5 Å². The zero-order chi connectivity index (χ0) is 15.2. The second-order valence-corrected chi connectivity index (χ2v) is 5.93. The van der Waals surface area contributed by atoms with E-state index in [-0.39, 0.29) is 16.9 Å². The van der Waals surface area contributed by atoms with E-state index in [0.717, 1.165) is 4.90 Å². The summed E-state index contributed by atoms with van der Waals surface area (Å²) in [5, 5.41) is 28.5. The molecule has 0 aromatic heterocycles. The van der Waals surface area contributed by atoms with Crippen LogP contribution in [0.4, 0.5) is 0 Å². The maximum absolute atomic E-state index is 12.3. The molecule has 0 saturated heterocycles. The van der Waals surface area contributed by atoms with Gasteiger partial charge in [0, 0.05) is 0 Å². The van der Waals surface area contributed by atoms with Gasteiger partial charge in [0.1, 0.15) is 5.75 Å². The molecule has 2 rings (SSSR count). The third kappa shape index (κ3) is 2.17. The van der Waals surface area contributed by atoms with Gasteiger partial charge in [0.2, 0.25) is 0 Å². The van der Waals surface area contributed by atoms with Gasteiger partial charge in [0.05, 0.1) is 17.2 Å². The zero-order valence-corrected chi connectivity index (χ0v) is 11.5. The van der Waals surface area contributed by atoms with E-state index < -0.39 is 29.6 Å². The fraction of sp³-hybridized carbons (Fsp3) is 0.429.